The third-order valence-electron chi connectivity index (χ3n) is 1.75. The summed E-state index contributed by atoms with van der Waals surface area (Å²) < 4.78 is 0. The van der Waals surface area contributed by atoms with Gasteiger partial charge in [-0.2, -0.15) is 25.3 Å². The Morgan fingerprint density at radius 2 is 1.04 bits per heavy atom. The van der Waals surface area contributed by atoms with Crippen molar-refractivity contribution in [2.24, 2.45) is 0 Å². The van der Waals surface area contributed by atoms with E-state index in [-0.39, 0.29) is 56.7 Å². The van der Waals surface area contributed by atoms with Crippen molar-refractivity contribution < 1.29 is 50.5 Å². The van der Waals surface area contributed by atoms with Gasteiger partial charge in [-0.3, -0.25) is 9.59 Å². The van der Waals surface area contributed by atoms with E-state index in [0.717, 1.165) is 0 Å². The zero-order valence-electron chi connectivity index (χ0n) is 12.6. The van der Waals surface area contributed by atoms with Crippen molar-refractivity contribution in [1.29, 1.82) is 0 Å². The molecule has 0 bridgehead atoms. The van der Waals surface area contributed by atoms with E-state index in [9.17, 15) is 19.2 Å². The van der Waals surface area contributed by atoms with E-state index < -0.39 is 24.0 Å². The monoisotopic (exact) mass is 555 g/mol. The molecule has 23 heavy (non-hydrogen) atoms. The van der Waals surface area contributed by atoms with Gasteiger partial charge in [-0.15, -0.1) is 0 Å². The smallest absolute Gasteiger partial charge is 0.693 e. The Bertz CT molecular complexity index is 341. The van der Waals surface area contributed by atoms with Gasteiger partial charge in [0.1, 0.15) is 0 Å². The molecule has 0 aliphatic rings. The molecule has 10 nitrogen and oxygen atoms in total. The molecule has 0 aromatic carbocycles. The first-order valence-electron chi connectivity index (χ1n) is 5.42. The van der Waals surface area contributed by atoms with Gasteiger partial charge in [-0.05, 0) is 0 Å². The maximum atomic E-state index is 10.3. The standard InChI is InChI=1S/2C5H9NO3S.2H2N.Pt/c2*1-3(7)6-4(2-10)5(8)9;;;/h2*4,10H,2H2,1H3,(H,6,7)(H,8,9);2*1H2;/q;;2*-1;+4/p+2. The maximum absolute atomic E-state index is 10.3. The van der Waals surface area contributed by atoms with Crippen LogP contribution >= 0.6 is 25.3 Å². The second kappa shape index (κ2) is 19.2. The summed E-state index contributed by atoms with van der Waals surface area (Å²) >= 11 is 7.55. The fourth-order valence-corrected chi connectivity index (χ4v) is 1.39. The summed E-state index contributed by atoms with van der Waals surface area (Å²) in [4.78, 5) is 41.3. The van der Waals surface area contributed by atoms with Crippen LogP contribution in [0.3, 0.4) is 0 Å². The summed E-state index contributed by atoms with van der Waals surface area (Å²) in [6.07, 6.45) is 0. The van der Waals surface area contributed by atoms with Crippen LogP contribution in [0.5, 0.6) is 0 Å². The molecule has 0 spiro atoms. The number of nitrogens with one attached hydrogen (secondary N) is 2. The number of nitrogens with two attached hydrogens (primary N) is 2. The van der Waals surface area contributed by atoms with E-state index in [1.807, 2.05) is 0 Å². The molecule has 138 valence electrons. The first-order valence-corrected chi connectivity index (χ1v) is 6.69. The number of carbonyl (C=O) groups excluding carboxylic acids is 4. The van der Waals surface area contributed by atoms with E-state index in [1.54, 1.807) is 0 Å². The van der Waals surface area contributed by atoms with E-state index in [0.29, 0.717) is 0 Å². The van der Waals surface area contributed by atoms with Crippen molar-refractivity contribution in [1.82, 2.24) is 10.6 Å². The molecule has 0 rings (SSSR count). The zero-order valence-corrected chi connectivity index (χ0v) is 16.6. The first kappa shape index (κ1) is 33.7. The molecule has 0 saturated heterocycles. The molecule has 0 aromatic heterocycles. The molecule has 0 saturated carbocycles. The van der Waals surface area contributed by atoms with Crippen LogP contribution in [-0.4, -0.2) is 57.6 Å². The van der Waals surface area contributed by atoms with E-state index in [1.165, 1.54) is 13.8 Å². The second-order valence-electron chi connectivity index (χ2n) is 3.60. The quantitative estimate of drug-likeness (QED) is 0.235. The second-order valence-corrected chi connectivity index (χ2v) is 4.33. The molecular weight excluding hydrogens is 531 g/mol. The number of amides is 2. The average Bonchev–Trinajstić information content (AvgIpc) is 2.32. The van der Waals surface area contributed by atoms with Gasteiger partial charge in [0, 0.05) is 34.9 Å². The van der Waals surface area contributed by atoms with Crippen molar-refractivity contribution in [2.75, 3.05) is 11.5 Å². The van der Waals surface area contributed by atoms with Crippen LogP contribution in [0.1, 0.15) is 13.8 Å². The molecule has 0 radical (unpaired) electrons. The number of hydrogen-bond acceptors (Lipinski definition) is 6. The molecule has 0 aliphatic carbocycles. The van der Waals surface area contributed by atoms with Gasteiger partial charge < -0.3 is 33.1 Å². The van der Waals surface area contributed by atoms with Gasteiger partial charge in [-0.1, -0.05) is 0 Å². The molecule has 0 heterocycles. The van der Waals surface area contributed by atoms with Crippen LogP contribution in [0.15, 0.2) is 0 Å². The van der Waals surface area contributed by atoms with E-state index >= 15 is 0 Å². The molecular formula is C10H24N4O6PtS2+4. The number of rotatable bonds is 6. The molecule has 0 aromatic rings. The number of carbonyl (C=O) groups is 4. The Hall–Kier alpha value is -0.812. The fourth-order valence-electron chi connectivity index (χ4n) is 0.879. The normalized spacial score (nSPS) is 10.6. The van der Waals surface area contributed by atoms with Crippen LogP contribution in [0.25, 0.3) is 12.3 Å². The van der Waals surface area contributed by atoms with Crippen LogP contribution < -0.4 is 10.6 Å². The summed E-state index contributed by atoms with van der Waals surface area (Å²) in [5, 5.41) is 17.8. The van der Waals surface area contributed by atoms with Gasteiger partial charge >= 0.3 is 33.0 Å². The minimum atomic E-state index is -0.815. The predicted octanol–water partition coefficient (Wildman–Crippen LogP) is -1.22. The predicted molar refractivity (Wildman–Crippen MR) is 90.7 cm³/mol. The average molecular weight is 556 g/mol. The molecule has 10 N–H and O–H groups in total. The fraction of sp³-hybridized carbons (Fsp3) is 0.600. The Kier molecular flexibility index (Phi) is 28.2. The van der Waals surface area contributed by atoms with Crippen molar-refractivity contribution in [2.45, 2.75) is 25.9 Å². The topological polar surface area (TPSA) is 205 Å². The Balaban J connectivity index is -0.0000000831. The third kappa shape index (κ3) is 21.2. The zero-order chi connectivity index (χ0) is 16.3. The summed E-state index contributed by atoms with van der Waals surface area (Å²) in [7, 11) is 0. The summed E-state index contributed by atoms with van der Waals surface area (Å²) in [5.41, 5.74) is 0. The van der Waals surface area contributed by atoms with Crippen LogP contribution in [0.2, 0.25) is 0 Å². The van der Waals surface area contributed by atoms with Crippen molar-refractivity contribution in [3.63, 3.8) is 0 Å². The number of thiol groups is 2. The summed E-state index contributed by atoms with van der Waals surface area (Å²) in [5.74, 6) is -1.93. The molecule has 2 atom stereocenters. The van der Waals surface area contributed by atoms with Gasteiger partial charge in [-0.25, -0.2) is 0 Å². The minimum absolute atomic E-state index is 0. The molecule has 2 unspecified atom stereocenters. The summed E-state index contributed by atoms with van der Waals surface area (Å²) in [6.45, 7) is 2.58. The molecule has 0 fully saturated rings. The van der Waals surface area contributed by atoms with Gasteiger partial charge in [0.25, 0.3) is 0 Å². The number of hydrogen-bond donors (Lipinski definition) is 4. The molecule has 0 aliphatic heterocycles. The third-order valence-corrected chi connectivity index (χ3v) is 2.48. The van der Waals surface area contributed by atoms with Crippen molar-refractivity contribution >= 4 is 49.0 Å². The van der Waals surface area contributed by atoms with Crippen LogP contribution in [0, 0.1) is 0 Å². The SMILES string of the molecule is CC(=O)NC(CS)C(=O)[OH2+].CC(=O)NC(CS)C(=O)[OH2+].[NH2-].[NH2-].[Pt+4]. The van der Waals surface area contributed by atoms with Gasteiger partial charge in [0.05, 0.1) is 0 Å². The maximum Gasteiger partial charge on any atom is 4.00 e. The van der Waals surface area contributed by atoms with Crippen molar-refractivity contribution in [3.8, 4) is 0 Å². The van der Waals surface area contributed by atoms with Gasteiger partial charge in [0.2, 0.25) is 11.8 Å². The Morgan fingerprint density at radius 3 is 1.09 bits per heavy atom. The van der Waals surface area contributed by atoms with E-state index in [2.05, 4.69) is 35.9 Å². The Morgan fingerprint density at radius 1 is 0.826 bits per heavy atom. The molecule has 2 amide bonds. The van der Waals surface area contributed by atoms with Gasteiger partial charge in [0.15, 0.2) is 12.1 Å². The van der Waals surface area contributed by atoms with Crippen molar-refractivity contribution in [3.05, 3.63) is 12.3 Å². The van der Waals surface area contributed by atoms with Crippen LogP contribution in [0.4, 0.5) is 0 Å². The first-order chi connectivity index (χ1) is 9.15. The largest absolute Gasteiger partial charge is 4.00 e. The van der Waals surface area contributed by atoms with E-state index in [4.69, 9.17) is 10.2 Å². The minimum Gasteiger partial charge on any atom is -0.693 e. The molecule has 13 heteroatoms. The Labute approximate surface area is 159 Å². The van der Waals surface area contributed by atoms with Crippen LogP contribution in [-0.2, 0) is 40.2 Å². The summed E-state index contributed by atoms with van der Waals surface area (Å²) in [6, 6.07) is -1.53.